The first-order chi connectivity index (χ1) is 16.3. The number of fused-ring (bicyclic) bond motifs is 1. The molecule has 0 radical (unpaired) electrons. The maximum absolute atomic E-state index is 13.0. The second-order valence-corrected chi connectivity index (χ2v) is 9.89. The van der Waals surface area contributed by atoms with Gasteiger partial charge in [0.2, 0.25) is 11.8 Å². The van der Waals surface area contributed by atoms with Gasteiger partial charge in [0.1, 0.15) is 0 Å². The summed E-state index contributed by atoms with van der Waals surface area (Å²) in [6.07, 6.45) is 3.08. The molecular formula is C26H27BrN2O5. The lowest BCUT2D eigenvalue weighted by atomic mass is 9.76. The highest BCUT2D eigenvalue weighted by Gasteiger charge is 2.50. The average Bonchev–Trinajstić information content (AvgIpc) is 3.07. The summed E-state index contributed by atoms with van der Waals surface area (Å²) < 4.78 is 6.10. The van der Waals surface area contributed by atoms with Crippen LogP contribution in [0, 0.1) is 17.8 Å². The van der Waals surface area contributed by atoms with Gasteiger partial charge >= 0.3 is 5.97 Å². The van der Waals surface area contributed by atoms with Crippen LogP contribution in [0.1, 0.15) is 49.0 Å². The number of anilines is 2. The van der Waals surface area contributed by atoms with E-state index in [4.69, 9.17) is 4.74 Å². The molecule has 3 amide bonds. The first-order valence-corrected chi connectivity index (χ1v) is 12.3. The monoisotopic (exact) mass is 526 g/mol. The van der Waals surface area contributed by atoms with Crippen molar-refractivity contribution in [3.05, 3.63) is 58.1 Å². The molecule has 1 saturated carbocycles. The van der Waals surface area contributed by atoms with E-state index < -0.39 is 18.5 Å². The quantitative estimate of drug-likeness (QED) is 0.433. The molecule has 8 heteroatoms. The molecule has 4 rings (SSSR count). The first-order valence-electron chi connectivity index (χ1n) is 11.5. The summed E-state index contributed by atoms with van der Waals surface area (Å²) in [5, 5.41) is 2.76. The van der Waals surface area contributed by atoms with E-state index in [9.17, 15) is 19.2 Å². The average molecular weight is 527 g/mol. The molecule has 7 nitrogen and oxygen atoms in total. The highest BCUT2D eigenvalue weighted by molar-refractivity contribution is 9.10. The fourth-order valence-electron chi connectivity index (χ4n) is 4.79. The Morgan fingerprint density at radius 1 is 1.09 bits per heavy atom. The van der Waals surface area contributed by atoms with Gasteiger partial charge in [-0.2, -0.15) is 0 Å². The number of carbonyl (C=O) groups is 4. The summed E-state index contributed by atoms with van der Waals surface area (Å²) in [5.74, 6) is -1.72. The van der Waals surface area contributed by atoms with E-state index >= 15 is 0 Å². The van der Waals surface area contributed by atoms with Crippen molar-refractivity contribution in [2.45, 2.75) is 39.5 Å². The first kappa shape index (κ1) is 24.1. The number of hydrogen-bond donors (Lipinski definition) is 1. The fourth-order valence-corrected chi connectivity index (χ4v) is 5.20. The van der Waals surface area contributed by atoms with Crippen LogP contribution in [0.3, 0.4) is 0 Å². The zero-order chi connectivity index (χ0) is 24.4. The number of rotatable bonds is 6. The normalized spacial score (nSPS) is 21.9. The number of nitrogens with one attached hydrogen (secondary N) is 1. The van der Waals surface area contributed by atoms with E-state index in [1.54, 1.807) is 18.2 Å². The summed E-state index contributed by atoms with van der Waals surface area (Å²) in [7, 11) is 0. The lowest BCUT2D eigenvalue weighted by Crippen LogP contribution is -2.31. The summed E-state index contributed by atoms with van der Waals surface area (Å²) >= 11 is 3.41. The largest absolute Gasteiger partial charge is 0.452 e. The number of aryl methyl sites for hydroxylation is 1. The predicted octanol–water partition coefficient (Wildman–Crippen LogP) is 4.73. The highest BCUT2D eigenvalue weighted by Crippen LogP contribution is 2.42. The van der Waals surface area contributed by atoms with Gasteiger partial charge in [-0.3, -0.25) is 19.3 Å². The Labute approximate surface area is 207 Å². The Kier molecular flexibility index (Phi) is 7.16. The number of benzene rings is 2. The third kappa shape index (κ3) is 4.92. The van der Waals surface area contributed by atoms with Crippen LogP contribution in [0.5, 0.6) is 0 Å². The number of carbonyl (C=O) groups excluding carboxylic acids is 4. The van der Waals surface area contributed by atoms with Crippen molar-refractivity contribution in [3.8, 4) is 0 Å². The second kappa shape index (κ2) is 10.1. The molecule has 3 atom stereocenters. The van der Waals surface area contributed by atoms with Crippen LogP contribution in [-0.4, -0.2) is 30.3 Å². The molecule has 0 bridgehead atoms. The summed E-state index contributed by atoms with van der Waals surface area (Å²) in [6.45, 7) is 3.63. The van der Waals surface area contributed by atoms with Gasteiger partial charge in [-0.15, -0.1) is 0 Å². The topological polar surface area (TPSA) is 92.8 Å². The van der Waals surface area contributed by atoms with Gasteiger partial charge in [0.05, 0.1) is 23.1 Å². The smallest absolute Gasteiger partial charge is 0.338 e. The third-order valence-electron chi connectivity index (χ3n) is 6.58. The Morgan fingerprint density at radius 2 is 1.85 bits per heavy atom. The van der Waals surface area contributed by atoms with Gasteiger partial charge in [0.25, 0.3) is 5.91 Å². The Hall–Kier alpha value is -3.00. The molecule has 0 unspecified atom stereocenters. The minimum absolute atomic E-state index is 0.173. The third-order valence-corrected chi connectivity index (χ3v) is 7.08. The number of nitrogens with zero attached hydrogens (tertiary/aromatic N) is 1. The molecular weight excluding hydrogens is 500 g/mol. The SMILES string of the molecule is CCc1cc(Br)ccc1NC(=O)COC(=O)c1cccc(N2C(=O)[C@@H]3CC[C@@H](C)C[C@H]3C2=O)c1. The van der Waals surface area contributed by atoms with Crippen molar-refractivity contribution in [2.75, 3.05) is 16.8 Å². The minimum Gasteiger partial charge on any atom is -0.452 e. The van der Waals surface area contributed by atoms with Gasteiger partial charge in [-0.25, -0.2) is 4.79 Å². The Bertz CT molecular complexity index is 1150. The number of imide groups is 1. The molecule has 1 aliphatic carbocycles. The van der Waals surface area contributed by atoms with Crippen LogP contribution in [-0.2, 0) is 25.5 Å². The molecule has 34 heavy (non-hydrogen) atoms. The van der Waals surface area contributed by atoms with Crippen LogP contribution in [0.2, 0.25) is 0 Å². The van der Waals surface area contributed by atoms with Crippen LogP contribution >= 0.6 is 15.9 Å². The van der Waals surface area contributed by atoms with E-state index in [2.05, 4.69) is 28.2 Å². The van der Waals surface area contributed by atoms with Gasteiger partial charge < -0.3 is 10.1 Å². The number of amides is 3. The highest BCUT2D eigenvalue weighted by atomic mass is 79.9. The number of hydrogen-bond acceptors (Lipinski definition) is 5. The van der Waals surface area contributed by atoms with E-state index in [1.165, 1.54) is 17.0 Å². The van der Waals surface area contributed by atoms with Crippen LogP contribution in [0.4, 0.5) is 11.4 Å². The summed E-state index contributed by atoms with van der Waals surface area (Å²) in [5.41, 5.74) is 2.15. The number of halogens is 1. The molecule has 2 aromatic rings. The molecule has 0 aromatic heterocycles. The van der Waals surface area contributed by atoms with E-state index in [0.717, 1.165) is 22.9 Å². The Morgan fingerprint density at radius 3 is 2.62 bits per heavy atom. The maximum Gasteiger partial charge on any atom is 0.338 e. The zero-order valence-corrected chi connectivity index (χ0v) is 20.8. The molecule has 1 heterocycles. The fraction of sp³-hybridized carbons (Fsp3) is 0.385. The van der Waals surface area contributed by atoms with E-state index in [1.807, 2.05) is 19.1 Å². The summed E-state index contributed by atoms with van der Waals surface area (Å²) in [6, 6.07) is 11.8. The van der Waals surface area contributed by atoms with Crippen LogP contribution < -0.4 is 10.2 Å². The molecule has 1 aliphatic heterocycles. The van der Waals surface area contributed by atoms with Gasteiger partial charge in [0, 0.05) is 10.2 Å². The molecule has 0 spiro atoms. The van der Waals surface area contributed by atoms with Crippen LogP contribution in [0.15, 0.2) is 46.9 Å². The zero-order valence-electron chi connectivity index (χ0n) is 19.2. The Balaban J connectivity index is 1.41. The number of ether oxygens (including phenoxy) is 1. The molecule has 1 saturated heterocycles. The predicted molar refractivity (Wildman–Crippen MR) is 131 cm³/mol. The van der Waals surface area contributed by atoms with Crippen LogP contribution in [0.25, 0.3) is 0 Å². The van der Waals surface area contributed by atoms with Gasteiger partial charge in [0.15, 0.2) is 6.61 Å². The minimum atomic E-state index is -0.700. The second-order valence-electron chi connectivity index (χ2n) is 8.97. The maximum atomic E-state index is 13.0. The van der Waals surface area contributed by atoms with Gasteiger partial charge in [-0.1, -0.05) is 35.8 Å². The molecule has 2 aromatic carbocycles. The van der Waals surface area contributed by atoms with Crippen molar-refractivity contribution in [1.82, 2.24) is 0 Å². The van der Waals surface area contributed by atoms with Crippen molar-refractivity contribution in [1.29, 1.82) is 0 Å². The van der Waals surface area contributed by atoms with Crippen molar-refractivity contribution < 1.29 is 23.9 Å². The van der Waals surface area contributed by atoms with Crippen molar-refractivity contribution in [2.24, 2.45) is 17.8 Å². The standard InChI is InChI=1S/C26H27BrN2O5/c1-3-16-12-18(27)8-10-22(16)28-23(30)14-34-26(33)17-5-4-6-19(13-17)29-24(31)20-9-7-15(2)11-21(20)25(29)32/h4-6,8,10,12-13,15,20-21H,3,7,9,11,14H2,1-2H3,(H,28,30)/t15-,20-,21-/m1/s1. The molecule has 2 aliphatic rings. The number of esters is 1. The molecule has 1 N–H and O–H groups in total. The molecule has 178 valence electrons. The summed E-state index contributed by atoms with van der Waals surface area (Å²) in [4.78, 5) is 52.0. The lowest BCUT2D eigenvalue weighted by molar-refractivity contribution is -0.122. The van der Waals surface area contributed by atoms with Crippen molar-refractivity contribution >= 4 is 51.0 Å². The lowest BCUT2D eigenvalue weighted by Gasteiger charge is -2.25. The molecule has 2 fully saturated rings. The van der Waals surface area contributed by atoms with Gasteiger partial charge in [-0.05, 0) is 73.6 Å². The van der Waals surface area contributed by atoms with E-state index in [-0.39, 0.29) is 29.2 Å². The van der Waals surface area contributed by atoms with Crippen molar-refractivity contribution in [3.63, 3.8) is 0 Å². The van der Waals surface area contributed by atoms with E-state index in [0.29, 0.717) is 30.1 Å².